The fraction of sp³-hybridized carbons (Fsp3) is 0.909. The molecule has 0 spiro atoms. The zero-order valence-corrected chi connectivity index (χ0v) is 9.51. The third-order valence-corrected chi connectivity index (χ3v) is 2.88. The Morgan fingerprint density at radius 1 is 1.43 bits per heavy atom. The van der Waals surface area contributed by atoms with E-state index in [0.29, 0.717) is 6.04 Å². The molecule has 3 nitrogen and oxygen atoms in total. The molecule has 0 unspecified atom stereocenters. The van der Waals surface area contributed by atoms with Gasteiger partial charge in [-0.25, -0.2) is 0 Å². The second kappa shape index (κ2) is 4.77. The predicted octanol–water partition coefficient (Wildman–Crippen LogP) is 1.22. The van der Waals surface area contributed by atoms with Crippen molar-refractivity contribution in [1.29, 1.82) is 5.26 Å². The van der Waals surface area contributed by atoms with Crippen LogP contribution in [-0.2, 0) is 0 Å². The van der Waals surface area contributed by atoms with Crippen molar-refractivity contribution in [1.82, 2.24) is 10.2 Å². The van der Waals surface area contributed by atoms with Crippen LogP contribution in [0.3, 0.4) is 0 Å². The highest BCUT2D eigenvalue weighted by molar-refractivity contribution is 4.94. The van der Waals surface area contributed by atoms with Gasteiger partial charge in [-0.05, 0) is 46.8 Å². The molecule has 1 N–H and O–H groups in total. The maximum Gasteiger partial charge on any atom is 0.0697 e. The number of nitriles is 1. The molecule has 0 aromatic heterocycles. The molecule has 3 heteroatoms. The summed E-state index contributed by atoms with van der Waals surface area (Å²) in [5, 5.41) is 12.3. The monoisotopic (exact) mass is 195 g/mol. The van der Waals surface area contributed by atoms with Crippen LogP contribution in [-0.4, -0.2) is 37.6 Å². The molecule has 1 aliphatic heterocycles. The Morgan fingerprint density at radius 2 is 2.00 bits per heavy atom. The van der Waals surface area contributed by atoms with Crippen LogP contribution in [0.5, 0.6) is 0 Å². The first-order chi connectivity index (χ1) is 6.55. The summed E-state index contributed by atoms with van der Waals surface area (Å²) in [6.07, 6.45) is 2.41. The number of nitrogens with one attached hydrogen (secondary N) is 1. The molecule has 14 heavy (non-hydrogen) atoms. The van der Waals surface area contributed by atoms with Crippen molar-refractivity contribution in [3.8, 4) is 6.07 Å². The Hall–Kier alpha value is -0.590. The van der Waals surface area contributed by atoms with Crippen LogP contribution >= 0.6 is 0 Å². The molecular formula is C11H21N3. The quantitative estimate of drug-likeness (QED) is 0.736. The molecule has 0 radical (unpaired) electrons. The minimum absolute atomic E-state index is 0.223. The van der Waals surface area contributed by atoms with Crippen LogP contribution in [0.15, 0.2) is 0 Å². The number of piperidine rings is 1. The average Bonchev–Trinajstić information content (AvgIpc) is 2.19. The van der Waals surface area contributed by atoms with Crippen molar-refractivity contribution in [2.75, 3.05) is 26.7 Å². The van der Waals surface area contributed by atoms with Gasteiger partial charge in [0, 0.05) is 12.6 Å². The van der Waals surface area contributed by atoms with Crippen molar-refractivity contribution in [2.45, 2.75) is 32.7 Å². The summed E-state index contributed by atoms with van der Waals surface area (Å²) in [6.45, 7) is 7.10. The summed E-state index contributed by atoms with van der Waals surface area (Å²) in [4.78, 5) is 2.34. The average molecular weight is 195 g/mol. The minimum Gasteiger partial charge on any atom is -0.317 e. The molecule has 1 rings (SSSR count). The van der Waals surface area contributed by atoms with Gasteiger partial charge in [0.25, 0.3) is 0 Å². The zero-order chi connectivity index (χ0) is 10.6. The topological polar surface area (TPSA) is 39.1 Å². The summed E-state index contributed by atoms with van der Waals surface area (Å²) in [5.41, 5.74) is -0.223. The maximum atomic E-state index is 8.95. The largest absolute Gasteiger partial charge is 0.317 e. The Balaban J connectivity index is 2.41. The summed E-state index contributed by atoms with van der Waals surface area (Å²) >= 11 is 0. The van der Waals surface area contributed by atoms with Crippen LogP contribution in [0.25, 0.3) is 0 Å². The van der Waals surface area contributed by atoms with Gasteiger partial charge in [-0.3, -0.25) is 0 Å². The van der Waals surface area contributed by atoms with E-state index in [1.165, 1.54) is 12.8 Å². The number of hydrogen-bond donors (Lipinski definition) is 1. The molecule has 0 amide bonds. The second-order valence-electron chi connectivity index (χ2n) is 4.89. The van der Waals surface area contributed by atoms with Crippen molar-refractivity contribution in [3.05, 3.63) is 0 Å². The fourth-order valence-electron chi connectivity index (χ4n) is 2.04. The zero-order valence-electron chi connectivity index (χ0n) is 9.51. The highest BCUT2D eigenvalue weighted by Crippen LogP contribution is 2.18. The molecule has 1 heterocycles. The Kier molecular flexibility index (Phi) is 3.91. The maximum absolute atomic E-state index is 8.95. The van der Waals surface area contributed by atoms with E-state index < -0.39 is 0 Å². The van der Waals surface area contributed by atoms with E-state index in [9.17, 15) is 0 Å². The highest BCUT2D eigenvalue weighted by Gasteiger charge is 2.24. The standard InChI is InChI=1S/C11H21N3/c1-11(2,8-12)9-14(3)10-4-6-13-7-5-10/h10,13H,4-7,9H2,1-3H3. The van der Waals surface area contributed by atoms with Crippen LogP contribution in [0.4, 0.5) is 0 Å². The molecule has 0 saturated carbocycles. The molecule has 0 atom stereocenters. The normalized spacial score (nSPS) is 19.6. The Bertz CT molecular complexity index is 211. The van der Waals surface area contributed by atoms with Gasteiger partial charge in [-0.1, -0.05) is 0 Å². The summed E-state index contributed by atoms with van der Waals surface area (Å²) in [6, 6.07) is 3.01. The van der Waals surface area contributed by atoms with E-state index >= 15 is 0 Å². The highest BCUT2D eigenvalue weighted by atomic mass is 15.1. The SMILES string of the molecule is CN(CC(C)(C)C#N)C1CCNCC1. The first kappa shape index (κ1) is 11.5. The molecule has 1 saturated heterocycles. The van der Waals surface area contributed by atoms with E-state index in [1.807, 2.05) is 13.8 Å². The summed E-state index contributed by atoms with van der Waals surface area (Å²) in [7, 11) is 2.13. The number of rotatable bonds is 3. The third-order valence-electron chi connectivity index (χ3n) is 2.88. The van der Waals surface area contributed by atoms with Gasteiger partial charge in [-0.2, -0.15) is 5.26 Å². The van der Waals surface area contributed by atoms with Gasteiger partial charge < -0.3 is 10.2 Å². The van der Waals surface area contributed by atoms with Gasteiger partial charge in [0.1, 0.15) is 0 Å². The molecule has 80 valence electrons. The van der Waals surface area contributed by atoms with E-state index in [0.717, 1.165) is 19.6 Å². The van der Waals surface area contributed by atoms with Crippen molar-refractivity contribution in [2.24, 2.45) is 5.41 Å². The van der Waals surface area contributed by atoms with Crippen molar-refractivity contribution >= 4 is 0 Å². The Morgan fingerprint density at radius 3 is 2.50 bits per heavy atom. The number of nitrogens with zero attached hydrogens (tertiary/aromatic N) is 2. The van der Waals surface area contributed by atoms with E-state index in [-0.39, 0.29) is 5.41 Å². The van der Waals surface area contributed by atoms with Gasteiger partial charge in [0.15, 0.2) is 0 Å². The predicted molar refractivity (Wildman–Crippen MR) is 57.9 cm³/mol. The van der Waals surface area contributed by atoms with Crippen molar-refractivity contribution in [3.63, 3.8) is 0 Å². The van der Waals surface area contributed by atoms with Gasteiger partial charge >= 0.3 is 0 Å². The molecule has 0 aromatic rings. The third kappa shape index (κ3) is 3.28. The first-order valence-electron chi connectivity index (χ1n) is 5.37. The van der Waals surface area contributed by atoms with Gasteiger partial charge in [0.05, 0.1) is 11.5 Å². The Labute approximate surface area is 87.1 Å². The smallest absolute Gasteiger partial charge is 0.0697 e. The molecule has 1 fully saturated rings. The molecule has 1 aliphatic rings. The van der Waals surface area contributed by atoms with E-state index in [4.69, 9.17) is 5.26 Å². The summed E-state index contributed by atoms with van der Waals surface area (Å²) < 4.78 is 0. The minimum atomic E-state index is -0.223. The van der Waals surface area contributed by atoms with E-state index in [2.05, 4.69) is 23.3 Å². The van der Waals surface area contributed by atoms with Crippen LogP contribution < -0.4 is 5.32 Å². The van der Waals surface area contributed by atoms with Crippen LogP contribution in [0, 0.1) is 16.7 Å². The molecule has 0 aliphatic carbocycles. The summed E-state index contributed by atoms with van der Waals surface area (Å²) in [5.74, 6) is 0. The lowest BCUT2D eigenvalue weighted by atomic mass is 9.93. The van der Waals surface area contributed by atoms with Crippen LogP contribution in [0.1, 0.15) is 26.7 Å². The molecule has 0 aromatic carbocycles. The molecular weight excluding hydrogens is 174 g/mol. The number of hydrogen-bond acceptors (Lipinski definition) is 3. The van der Waals surface area contributed by atoms with Gasteiger partial charge in [0.2, 0.25) is 0 Å². The lowest BCUT2D eigenvalue weighted by molar-refractivity contribution is 0.161. The van der Waals surface area contributed by atoms with Crippen LogP contribution in [0.2, 0.25) is 0 Å². The lowest BCUT2D eigenvalue weighted by Gasteiger charge is -2.34. The fourth-order valence-corrected chi connectivity index (χ4v) is 2.04. The van der Waals surface area contributed by atoms with Gasteiger partial charge in [-0.15, -0.1) is 0 Å². The van der Waals surface area contributed by atoms with E-state index in [1.54, 1.807) is 0 Å². The second-order valence-corrected chi connectivity index (χ2v) is 4.89. The molecule has 0 bridgehead atoms. The van der Waals surface area contributed by atoms with Crippen molar-refractivity contribution < 1.29 is 0 Å². The first-order valence-corrected chi connectivity index (χ1v) is 5.37. The lowest BCUT2D eigenvalue weighted by Crippen LogP contribution is -2.44.